The highest BCUT2D eigenvalue weighted by molar-refractivity contribution is 9.10. The molecule has 3 heteroatoms. The molecule has 0 amide bonds. The van der Waals surface area contributed by atoms with Gasteiger partial charge in [0.2, 0.25) is 0 Å². The Bertz CT molecular complexity index is 411. The number of hydrogen-bond acceptors (Lipinski definition) is 1. The second-order valence-electron chi connectivity index (χ2n) is 5.13. The molecule has 0 saturated heterocycles. The van der Waals surface area contributed by atoms with E-state index in [-0.39, 0.29) is 5.41 Å². The predicted octanol–water partition coefficient (Wildman–Crippen LogP) is 4.88. The first-order valence-electron chi connectivity index (χ1n) is 5.79. The monoisotopic (exact) mass is 301 g/mol. The van der Waals surface area contributed by atoms with Crippen LogP contribution >= 0.6 is 27.5 Å². The smallest absolute Gasteiger partial charge is 0.0652 e. The Labute approximate surface area is 111 Å². The summed E-state index contributed by atoms with van der Waals surface area (Å²) in [6, 6.07) is 1.98. The maximum absolute atomic E-state index is 6.30. The molecule has 0 unspecified atom stereocenters. The van der Waals surface area contributed by atoms with E-state index in [2.05, 4.69) is 34.8 Å². The largest absolute Gasteiger partial charge is 0.255 e. The van der Waals surface area contributed by atoms with Crippen LogP contribution in [0.2, 0.25) is 5.02 Å². The van der Waals surface area contributed by atoms with Crippen LogP contribution in [0.25, 0.3) is 0 Å². The first-order valence-corrected chi connectivity index (χ1v) is 6.96. The van der Waals surface area contributed by atoms with Crippen molar-refractivity contribution in [3.05, 3.63) is 26.9 Å². The number of nitrogens with zero attached hydrogens (tertiary/aromatic N) is 1. The quantitative estimate of drug-likeness (QED) is 0.758. The number of aryl methyl sites for hydroxylation is 1. The zero-order chi connectivity index (χ0) is 11.9. The van der Waals surface area contributed by atoms with Gasteiger partial charge in [-0.05, 0) is 47.7 Å². The molecule has 16 heavy (non-hydrogen) atoms. The second-order valence-corrected chi connectivity index (χ2v) is 6.39. The van der Waals surface area contributed by atoms with E-state index in [4.69, 9.17) is 11.6 Å². The highest BCUT2D eigenvalue weighted by atomic mass is 79.9. The Morgan fingerprint density at radius 3 is 2.75 bits per heavy atom. The SMILES string of the molecule is CCC1CC(C)(c2nc(C)c(Br)cc2Cl)C1. The van der Waals surface area contributed by atoms with E-state index >= 15 is 0 Å². The van der Waals surface area contributed by atoms with E-state index in [1.165, 1.54) is 19.3 Å². The molecule has 1 saturated carbocycles. The lowest BCUT2D eigenvalue weighted by atomic mass is 9.60. The first-order chi connectivity index (χ1) is 7.46. The summed E-state index contributed by atoms with van der Waals surface area (Å²) in [5.74, 6) is 0.854. The molecule has 88 valence electrons. The molecule has 1 aliphatic carbocycles. The van der Waals surface area contributed by atoms with Crippen molar-refractivity contribution in [2.24, 2.45) is 5.92 Å². The minimum atomic E-state index is 0.198. The van der Waals surface area contributed by atoms with Crippen molar-refractivity contribution < 1.29 is 0 Å². The summed E-state index contributed by atoms with van der Waals surface area (Å²) in [5, 5.41) is 0.800. The van der Waals surface area contributed by atoms with Gasteiger partial charge < -0.3 is 0 Å². The van der Waals surface area contributed by atoms with Crippen LogP contribution in [0.1, 0.15) is 44.5 Å². The molecule has 1 aliphatic rings. The van der Waals surface area contributed by atoms with Gasteiger partial charge in [-0.1, -0.05) is 31.9 Å². The molecule has 2 rings (SSSR count). The number of rotatable bonds is 2. The van der Waals surface area contributed by atoms with Crippen molar-refractivity contribution in [3.8, 4) is 0 Å². The molecule has 1 heterocycles. The van der Waals surface area contributed by atoms with E-state index in [0.29, 0.717) is 0 Å². The average molecular weight is 303 g/mol. The predicted molar refractivity (Wildman–Crippen MR) is 72.1 cm³/mol. The number of aromatic nitrogens is 1. The molecule has 1 nitrogen and oxygen atoms in total. The van der Waals surface area contributed by atoms with E-state index in [1.807, 2.05) is 13.0 Å². The number of pyridine rings is 1. The zero-order valence-electron chi connectivity index (χ0n) is 9.98. The van der Waals surface area contributed by atoms with Gasteiger partial charge in [-0.2, -0.15) is 0 Å². The van der Waals surface area contributed by atoms with Crippen LogP contribution < -0.4 is 0 Å². The molecule has 0 atom stereocenters. The number of halogens is 2. The van der Waals surface area contributed by atoms with Crippen LogP contribution in [-0.2, 0) is 5.41 Å². The Morgan fingerprint density at radius 1 is 1.56 bits per heavy atom. The van der Waals surface area contributed by atoms with Crippen molar-refractivity contribution in [1.82, 2.24) is 4.98 Å². The average Bonchev–Trinajstić information content (AvgIpc) is 2.18. The molecule has 1 aromatic rings. The Hall–Kier alpha value is -0.0800. The Morgan fingerprint density at radius 2 is 2.19 bits per heavy atom. The molecule has 0 aromatic carbocycles. The van der Waals surface area contributed by atoms with E-state index < -0.39 is 0 Å². The van der Waals surface area contributed by atoms with Gasteiger partial charge in [-0.3, -0.25) is 4.98 Å². The minimum Gasteiger partial charge on any atom is -0.255 e. The van der Waals surface area contributed by atoms with Crippen LogP contribution in [0.3, 0.4) is 0 Å². The Balaban J connectivity index is 2.31. The van der Waals surface area contributed by atoms with Gasteiger partial charge in [0.25, 0.3) is 0 Å². The third-order valence-corrected chi connectivity index (χ3v) is 4.82. The van der Waals surface area contributed by atoms with E-state index in [0.717, 1.165) is 26.8 Å². The summed E-state index contributed by atoms with van der Waals surface area (Å²) < 4.78 is 0.996. The summed E-state index contributed by atoms with van der Waals surface area (Å²) in [5.41, 5.74) is 2.31. The molecular formula is C13H17BrClN. The van der Waals surface area contributed by atoms with Gasteiger partial charge >= 0.3 is 0 Å². The lowest BCUT2D eigenvalue weighted by molar-refractivity contribution is 0.151. The topological polar surface area (TPSA) is 12.9 Å². The third kappa shape index (κ3) is 2.02. The summed E-state index contributed by atoms with van der Waals surface area (Å²) in [4.78, 5) is 4.66. The maximum Gasteiger partial charge on any atom is 0.0652 e. The molecule has 0 N–H and O–H groups in total. The van der Waals surface area contributed by atoms with Crippen LogP contribution in [0, 0.1) is 12.8 Å². The third-order valence-electron chi connectivity index (χ3n) is 3.73. The maximum atomic E-state index is 6.30. The van der Waals surface area contributed by atoms with Gasteiger partial charge in [0.15, 0.2) is 0 Å². The molecule has 0 spiro atoms. The van der Waals surface area contributed by atoms with Gasteiger partial charge in [-0.25, -0.2) is 0 Å². The fourth-order valence-corrected chi connectivity index (χ4v) is 3.51. The second kappa shape index (κ2) is 4.30. The van der Waals surface area contributed by atoms with Crippen LogP contribution in [0.4, 0.5) is 0 Å². The molecule has 0 bridgehead atoms. The van der Waals surface area contributed by atoms with Crippen molar-refractivity contribution in [2.75, 3.05) is 0 Å². The lowest BCUT2D eigenvalue weighted by Gasteiger charge is -2.45. The van der Waals surface area contributed by atoms with Crippen molar-refractivity contribution in [1.29, 1.82) is 0 Å². The van der Waals surface area contributed by atoms with Gasteiger partial charge in [0.05, 0.1) is 16.4 Å². The molecular weight excluding hydrogens is 286 g/mol. The van der Waals surface area contributed by atoms with E-state index in [9.17, 15) is 0 Å². The number of hydrogen-bond donors (Lipinski definition) is 0. The molecule has 1 aromatic heterocycles. The summed E-state index contributed by atoms with van der Waals surface area (Å²) >= 11 is 9.76. The lowest BCUT2D eigenvalue weighted by Crippen LogP contribution is -2.39. The van der Waals surface area contributed by atoms with Crippen LogP contribution in [0.15, 0.2) is 10.5 Å². The summed E-state index contributed by atoms with van der Waals surface area (Å²) in [6.45, 7) is 6.55. The van der Waals surface area contributed by atoms with Gasteiger partial charge in [0, 0.05) is 9.89 Å². The van der Waals surface area contributed by atoms with Crippen molar-refractivity contribution >= 4 is 27.5 Å². The molecule has 0 radical (unpaired) electrons. The molecule has 1 fully saturated rings. The van der Waals surface area contributed by atoms with Crippen LogP contribution in [-0.4, -0.2) is 4.98 Å². The minimum absolute atomic E-state index is 0.198. The highest BCUT2D eigenvalue weighted by Crippen LogP contribution is 2.50. The van der Waals surface area contributed by atoms with Crippen molar-refractivity contribution in [3.63, 3.8) is 0 Å². The standard InChI is InChI=1S/C13H17BrClN/c1-4-9-6-13(3,7-9)12-11(15)5-10(14)8(2)16-12/h5,9H,4,6-7H2,1-3H3. The molecule has 0 aliphatic heterocycles. The van der Waals surface area contributed by atoms with Gasteiger partial charge in [0.1, 0.15) is 0 Å². The fraction of sp³-hybridized carbons (Fsp3) is 0.615. The van der Waals surface area contributed by atoms with E-state index in [1.54, 1.807) is 0 Å². The normalized spacial score (nSPS) is 28.9. The van der Waals surface area contributed by atoms with Gasteiger partial charge in [-0.15, -0.1) is 0 Å². The first kappa shape index (κ1) is 12.4. The van der Waals surface area contributed by atoms with Crippen LogP contribution in [0.5, 0.6) is 0 Å². The van der Waals surface area contributed by atoms with Crippen molar-refractivity contribution in [2.45, 2.75) is 45.4 Å². The Kier molecular flexibility index (Phi) is 3.33. The summed E-state index contributed by atoms with van der Waals surface area (Å²) in [7, 11) is 0. The zero-order valence-corrected chi connectivity index (χ0v) is 12.3. The fourth-order valence-electron chi connectivity index (χ4n) is 2.68. The summed E-state index contributed by atoms with van der Waals surface area (Å²) in [6.07, 6.45) is 3.71. The highest BCUT2D eigenvalue weighted by Gasteiger charge is 2.42.